The van der Waals surface area contributed by atoms with Crippen molar-refractivity contribution in [3.63, 3.8) is 0 Å². The topological polar surface area (TPSA) is 0 Å². The van der Waals surface area contributed by atoms with Gasteiger partial charge in [-0.15, -0.1) is 11.6 Å². The molecule has 3 heteroatoms. The van der Waals surface area contributed by atoms with Crippen LogP contribution in [0.15, 0.2) is 18.2 Å². The molecule has 88 valence electrons. The summed E-state index contributed by atoms with van der Waals surface area (Å²) >= 11 is 6.26. The SMILES string of the molecule is Fc1cccc(CC(Cl)C2CCCC2)c1F. The molecule has 0 heterocycles. The Kier molecular flexibility index (Phi) is 3.80. The Bertz CT molecular complexity index is 359. The number of hydrogen-bond donors (Lipinski definition) is 0. The summed E-state index contributed by atoms with van der Waals surface area (Å²) in [6, 6.07) is 4.28. The van der Waals surface area contributed by atoms with Crippen molar-refractivity contribution in [1.29, 1.82) is 0 Å². The Morgan fingerprint density at radius 2 is 1.94 bits per heavy atom. The zero-order valence-electron chi connectivity index (χ0n) is 9.06. The van der Waals surface area contributed by atoms with Crippen molar-refractivity contribution >= 4 is 11.6 Å². The highest BCUT2D eigenvalue weighted by atomic mass is 35.5. The minimum Gasteiger partial charge on any atom is -0.204 e. The van der Waals surface area contributed by atoms with Gasteiger partial charge in [-0.2, -0.15) is 0 Å². The van der Waals surface area contributed by atoms with E-state index in [1.54, 1.807) is 6.07 Å². The first-order valence-corrected chi connectivity index (χ1v) is 6.19. The second-order valence-corrected chi connectivity index (χ2v) is 5.04. The lowest BCUT2D eigenvalue weighted by molar-refractivity contribution is 0.477. The van der Waals surface area contributed by atoms with E-state index in [4.69, 9.17) is 11.6 Å². The average Bonchev–Trinajstić information content (AvgIpc) is 2.78. The van der Waals surface area contributed by atoms with Crippen molar-refractivity contribution in [3.05, 3.63) is 35.4 Å². The highest BCUT2D eigenvalue weighted by molar-refractivity contribution is 6.20. The highest BCUT2D eigenvalue weighted by Crippen LogP contribution is 2.32. The quantitative estimate of drug-likeness (QED) is 0.696. The fraction of sp³-hybridized carbons (Fsp3) is 0.538. The van der Waals surface area contributed by atoms with Gasteiger partial charge >= 0.3 is 0 Å². The van der Waals surface area contributed by atoms with Gasteiger partial charge in [0, 0.05) is 5.38 Å². The van der Waals surface area contributed by atoms with Gasteiger partial charge < -0.3 is 0 Å². The maximum Gasteiger partial charge on any atom is 0.162 e. The van der Waals surface area contributed by atoms with Crippen LogP contribution < -0.4 is 0 Å². The second kappa shape index (κ2) is 5.13. The smallest absolute Gasteiger partial charge is 0.162 e. The normalized spacial score (nSPS) is 18.9. The Morgan fingerprint density at radius 1 is 1.25 bits per heavy atom. The third kappa shape index (κ3) is 2.54. The maximum atomic E-state index is 13.4. The fourth-order valence-corrected chi connectivity index (χ4v) is 2.82. The third-order valence-electron chi connectivity index (χ3n) is 3.36. The lowest BCUT2D eigenvalue weighted by atomic mass is 9.97. The molecule has 1 unspecified atom stereocenters. The van der Waals surface area contributed by atoms with E-state index >= 15 is 0 Å². The lowest BCUT2D eigenvalue weighted by Gasteiger charge is -2.16. The zero-order valence-corrected chi connectivity index (χ0v) is 9.81. The minimum absolute atomic E-state index is 0.0706. The van der Waals surface area contributed by atoms with Crippen LogP contribution in [0.5, 0.6) is 0 Å². The van der Waals surface area contributed by atoms with E-state index in [9.17, 15) is 8.78 Å². The summed E-state index contributed by atoms with van der Waals surface area (Å²) in [5.41, 5.74) is 0.395. The molecule has 16 heavy (non-hydrogen) atoms. The van der Waals surface area contributed by atoms with Crippen LogP contribution in [0, 0.1) is 17.6 Å². The van der Waals surface area contributed by atoms with Crippen LogP contribution >= 0.6 is 11.6 Å². The molecule has 1 aromatic rings. The van der Waals surface area contributed by atoms with E-state index in [0.717, 1.165) is 18.9 Å². The molecule has 0 nitrogen and oxygen atoms in total. The Labute approximate surface area is 99.6 Å². The van der Waals surface area contributed by atoms with Gasteiger partial charge in [0.15, 0.2) is 11.6 Å². The Morgan fingerprint density at radius 3 is 2.62 bits per heavy atom. The molecule has 1 saturated carbocycles. The largest absolute Gasteiger partial charge is 0.204 e. The molecule has 0 N–H and O–H groups in total. The molecule has 0 amide bonds. The molecule has 0 radical (unpaired) electrons. The van der Waals surface area contributed by atoms with Crippen LogP contribution in [-0.4, -0.2) is 5.38 Å². The summed E-state index contributed by atoms with van der Waals surface area (Å²) in [4.78, 5) is 0. The maximum absolute atomic E-state index is 13.4. The predicted octanol–water partition coefficient (Wildman–Crippen LogP) is 4.30. The zero-order chi connectivity index (χ0) is 11.5. The molecule has 1 aliphatic rings. The van der Waals surface area contributed by atoms with E-state index in [2.05, 4.69) is 0 Å². The van der Waals surface area contributed by atoms with E-state index in [0.29, 0.717) is 17.9 Å². The monoisotopic (exact) mass is 244 g/mol. The van der Waals surface area contributed by atoms with E-state index in [1.165, 1.54) is 18.9 Å². The third-order valence-corrected chi connectivity index (χ3v) is 3.87. The predicted molar refractivity (Wildman–Crippen MR) is 61.7 cm³/mol. The van der Waals surface area contributed by atoms with Crippen LogP contribution in [0.4, 0.5) is 8.78 Å². The van der Waals surface area contributed by atoms with Crippen molar-refractivity contribution in [2.75, 3.05) is 0 Å². The van der Waals surface area contributed by atoms with E-state index in [-0.39, 0.29) is 5.38 Å². The molecule has 0 aromatic heterocycles. The van der Waals surface area contributed by atoms with Crippen molar-refractivity contribution < 1.29 is 8.78 Å². The molecule has 1 atom stereocenters. The number of halogens is 3. The average molecular weight is 245 g/mol. The first kappa shape index (κ1) is 11.8. The molecule has 1 aliphatic carbocycles. The van der Waals surface area contributed by atoms with Crippen LogP contribution in [0.1, 0.15) is 31.2 Å². The minimum atomic E-state index is -0.784. The standard InChI is InChI=1S/C13H15ClF2/c14-11(9-4-1-2-5-9)8-10-6-3-7-12(15)13(10)16/h3,6-7,9,11H,1-2,4-5,8H2. The van der Waals surface area contributed by atoms with Gasteiger partial charge in [-0.3, -0.25) is 0 Å². The number of hydrogen-bond acceptors (Lipinski definition) is 0. The highest BCUT2D eigenvalue weighted by Gasteiger charge is 2.24. The van der Waals surface area contributed by atoms with Gasteiger partial charge in [-0.1, -0.05) is 25.0 Å². The summed E-state index contributed by atoms with van der Waals surface area (Å²) in [6.45, 7) is 0. The van der Waals surface area contributed by atoms with Crippen molar-refractivity contribution in [2.45, 2.75) is 37.5 Å². The summed E-state index contributed by atoms with van der Waals surface area (Å²) in [7, 11) is 0. The van der Waals surface area contributed by atoms with Crippen molar-refractivity contribution in [1.82, 2.24) is 0 Å². The van der Waals surface area contributed by atoms with Crippen LogP contribution in [0.2, 0.25) is 0 Å². The molecule has 1 fully saturated rings. The van der Waals surface area contributed by atoms with Gasteiger partial charge in [0.2, 0.25) is 0 Å². The van der Waals surface area contributed by atoms with E-state index < -0.39 is 11.6 Å². The Hall–Kier alpha value is -0.630. The summed E-state index contributed by atoms with van der Waals surface area (Å²) < 4.78 is 26.4. The van der Waals surface area contributed by atoms with Crippen LogP contribution in [0.3, 0.4) is 0 Å². The second-order valence-electron chi connectivity index (χ2n) is 4.48. The van der Waals surface area contributed by atoms with E-state index in [1.807, 2.05) is 0 Å². The van der Waals surface area contributed by atoms with Gasteiger partial charge in [-0.05, 0) is 36.8 Å². The van der Waals surface area contributed by atoms with Gasteiger partial charge in [0.25, 0.3) is 0 Å². The summed E-state index contributed by atoms with van der Waals surface area (Å²) in [5.74, 6) is -1.07. The molecule has 0 aliphatic heterocycles. The summed E-state index contributed by atoms with van der Waals surface area (Å²) in [6.07, 6.45) is 5.07. The van der Waals surface area contributed by atoms with Crippen molar-refractivity contribution in [2.24, 2.45) is 5.92 Å². The van der Waals surface area contributed by atoms with Crippen LogP contribution in [-0.2, 0) is 6.42 Å². The lowest BCUT2D eigenvalue weighted by Crippen LogP contribution is -2.15. The molecular weight excluding hydrogens is 230 g/mol. The summed E-state index contributed by atoms with van der Waals surface area (Å²) in [5, 5.41) is -0.0706. The first-order valence-electron chi connectivity index (χ1n) is 5.75. The number of benzene rings is 1. The molecule has 0 spiro atoms. The van der Waals surface area contributed by atoms with Gasteiger partial charge in [0.1, 0.15) is 0 Å². The number of alkyl halides is 1. The fourth-order valence-electron chi connectivity index (χ4n) is 2.40. The Balaban J connectivity index is 2.05. The van der Waals surface area contributed by atoms with Gasteiger partial charge in [0.05, 0.1) is 0 Å². The van der Waals surface area contributed by atoms with Crippen LogP contribution in [0.25, 0.3) is 0 Å². The van der Waals surface area contributed by atoms with Gasteiger partial charge in [-0.25, -0.2) is 8.78 Å². The molecule has 2 rings (SSSR count). The molecule has 1 aromatic carbocycles. The molecular formula is C13H15ClF2. The van der Waals surface area contributed by atoms with Crippen molar-refractivity contribution in [3.8, 4) is 0 Å². The first-order chi connectivity index (χ1) is 7.68. The molecule has 0 bridgehead atoms. The molecule has 0 saturated heterocycles. The number of rotatable bonds is 3.